The van der Waals surface area contributed by atoms with Crippen LogP contribution in [0.5, 0.6) is 0 Å². The van der Waals surface area contributed by atoms with Gasteiger partial charge in [-0.1, -0.05) is 30.3 Å². The molecular weight excluding hydrogens is 438 g/mol. The topological polar surface area (TPSA) is 78.0 Å². The molecule has 1 atom stereocenters. The number of piperazine rings is 1. The summed E-state index contributed by atoms with van der Waals surface area (Å²) in [6, 6.07) is 15.3. The van der Waals surface area contributed by atoms with Crippen molar-refractivity contribution in [2.45, 2.75) is 38.6 Å². The standard InChI is InChI=1S/C25H31N3O4S/c1-19-17-22-18-21(11-12-23(22)28(19)33(2,31)32)25(30)27-15-13-26(14-16-27)24(29)10-6-9-20-7-4-3-5-8-20/h3-5,7-8,11-12,18-19H,6,9-10,13-17H2,1-2H3. The highest BCUT2D eigenvalue weighted by Gasteiger charge is 2.33. The number of sulfonamides is 1. The molecule has 0 radical (unpaired) electrons. The van der Waals surface area contributed by atoms with Gasteiger partial charge in [-0.3, -0.25) is 13.9 Å². The third-order valence-corrected chi connectivity index (χ3v) is 7.73. The maximum Gasteiger partial charge on any atom is 0.253 e. The van der Waals surface area contributed by atoms with E-state index in [0.29, 0.717) is 50.3 Å². The van der Waals surface area contributed by atoms with E-state index in [-0.39, 0.29) is 17.9 Å². The van der Waals surface area contributed by atoms with Crippen LogP contribution in [0.4, 0.5) is 5.69 Å². The summed E-state index contributed by atoms with van der Waals surface area (Å²) < 4.78 is 25.7. The van der Waals surface area contributed by atoms with E-state index in [9.17, 15) is 18.0 Å². The van der Waals surface area contributed by atoms with Crippen LogP contribution < -0.4 is 4.31 Å². The lowest BCUT2D eigenvalue weighted by atomic mass is 10.1. The van der Waals surface area contributed by atoms with Crippen molar-refractivity contribution in [2.24, 2.45) is 0 Å². The van der Waals surface area contributed by atoms with Crippen LogP contribution in [0.2, 0.25) is 0 Å². The average Bonchev–Trinajstić information content (AvgIpc) is 3.14. The number of hydrogen-bond acceptors (Lipinski definition) is 4. The second-order valence-corrected chi connectivity index (χ2v) is 10.8. The lowest BCUT2D eigenvalue weighted by Crippen LogP contribution is -2.50. The zero-order valence-electron chi connectivity index (χ0n) is 19.2. The van der Waals surface area contributed by atoms with Gasteiger partial charge in [-0.05, 0) is 55.5 Å². The van der Waals surface area contributed by atoms with Crippen LogP contribution in [0.25, 0.3) is 0 Å². The summed E-state index contributed by atoms with van der Waals surface area (Å²) in [4.78, 5) is 29.3. The van der Waals surface area contributed by atoms with Crippen molar-refractivity contribution in [3.05, 3.63) is 65.2 Å². The molecule has 2 aromatic rings. The number of nitrogens with zero attached hydrogens (tertiary/aromatic N) is 3. The molecule has 0 saturated carbocycles. The molecule has 2 aliphatic heterocycles. The summed E-state index contributed by atoms with van der Waals surface area (Å²) in [5.74, 6) is 0.0739. The van der Waals surface area contributed by atoms with E-state index in [2.05, 4.69) is 12.1 Å². The van der Waals surface area contributed by atoms with Crippen molar-refractivity contribution in [2.75, 3.05) is 36.7 Å². The normalized spacial score (nSPS) is 18.4. The minimum atomic E-state index is -3.36. The molecule has 2 heterocycles. The summed E-state index contributed by atoms with van der Waals surface area (Å²) in [7, 11) is -3.36. The summed E-state index contributed by atoms with van der Waals surface area (Å²) in [5.41, 5.74) is 3.35. The van der Waals surface area contributed by atoms with E-state index in [4.69, 9.17) is 0 Å². The van der Waals surface area contributed by atoms with Crippen LogP contribution in [0, 0.1) is 0 Å². The first-order valence-corrected chi connectivity index (χ1v) is 13.3. The van der Waals surface area contributed by atoms with Crippen LogP contribution in [0.3, 0.4) is 0 Å². The number of benzene rings is 2. The monoisotopic (exact) mass is 469 g/mol. The maximum atomic E-state index is 13.1. The van der Waals surface area contributed by atoms with E-state index < -0.39 is 10.0 Å². The van der Waals surface area contributed by atoms with Crippen molar-refractivity contribution in [1.29, 1.82) is 0 Å². The minimum absolute atomic E-state index is 0.0700. The van der Waals surface area contributed by atoms with Gasteiger partial charge >= 0.3 is 0 Å². The Morgan fingerprint density at radius 3 is 2.30 bits per heavy atom. The molecule has 1 fully saturated rings. The lowest BCUT2D eigenvalue weighted by molar-refractivity contribution is -0.132. The molecule has 1 unspecified atom stereocenters. The quantitative estimate of drug-likeness (QED) is 0.652. The molecule has 7 nitrogen and oxygen atoms in total. The Morgan fingerprint density at radius 1 is 0.970 bits per heavy atom. The fraction of sp³-hybridized carbons (Fsp3) is 0.440. The second kappa shape index (κ2) is 9.55. The first-order valence-electron chi connectivity index (χ1n) is 11.5. The van der Waals surface area contributed by atoms with Crippen molar-refractivity contribution >= 4 is 27.5 Å². The van der Waals surface area contributed by atoms with Crippen LogP contribution in [-0.2, 0) is 27.7 Å². The smallest absolute Gasteiger partial charge is 0.253 e. The first kappa shape index (κ1) is 23.3. The Kier molecular flexibility index (Phi) is 6.74. The molecule has 2 aromatic carbocycles. The zero-order chi connectivity index (χ0) is 23.6. The molecule has 0 aromatic heterocycles. The Hall–Kier alpha value is -2.87. The number of rotatable bonds is 6. The summed E-state index contributed by atoms with van der Waals surface area (Å²) in [6.07, 6.45) is 4.02. The predicted octanol–water partition coefficient (Wildman–Crippen LogP) is 2.70. The highest BCUT2D eigenvalue weighted by atomic mass is 32.2. The zero-order valence-corrected chi connectivity index (χ0v) is 20.1. The highest BCUT2D eigenvalue weighted by molar-refractivity contribution is 7.92. The third kappa shape index (κ3) is 5.21. The molecule has 2 aliphatic rings. The third-order valence-electron chi connectivity index (χ3n) is 6.46. The number of amides is 2. The SMILES string of the molecule is CC1Cc2cc(C(=O)N3CCN(C(=O)CCCc4ccccc4)CC3)ccc2N1S(C)(=O)=O. The summed E-state index contributed by atoms with van der Waals surface area (Å²) >= 11 is 0. The van der Waals surface area contributed by atoms with Gasteiger partial charge in [0.15, 0.2) is 0 Å². The van der Waals surface area contributed by atoms with Gasteiger partial charge in [-0.25, -0.2) is 8.42 Å². The van der Waals surface area contributed by atoms with Gasteiger partial charge < -0.3 is 9.80 Å². The number of carbonyl (C=O) groups is 2. The van der Waals surface area contributed by atoms with E-state index in [1.165, 1.54) is 16.1 Å². The van der Waals surface area contributed by atoms with E-state index >= 15 is 0 Å². The minimum Gasteiger partial charge on any atom is -0.339 e. The van der Waals surface area contributed by atoms with E-state index in [1.807, 2.05) is 36.1 Å². The number of fused-ring (bicyclic) bond motifs is 1. The van der Waals surface area contributed by atoms with Gasteiger partial charge in [0, 0.05) is 44.2 Å². The van der Waals surface area contributed by atoms with Gasteiger partial charge in [0.1, 0.15) is 0 Å². The van der Waals surface area contributed by atoms with Crippen LogP contribution in [-0.4, -0.2) is 68.5 Å². The molecule has 0 spiro atoms. The number of hydrogen-bond donors (Lipinski definition) is 0. The maximum absolute atomic E-state index is 13.1. The van der Waals surface area contributed by atoms with Crippen molar-refractivity contribution in [1.82, 2.24) is 9.80 Å². The number of aryl methyl sites for hydroxylation is 1. The van der Waals surface area contributed by atoms with Crippen LogP contribution >= 0.6 is 0 Å². The fourth-order valence-electron chi connectivity index (χ4n) is 4.83. The predicted molar refractivity (Wildman–Crippen MR) is 129 cm³/mol. The van der Waals surface area contributed by atoms with Gasteiger partial charge in [0.25, 0.3) is 5.91 Å². The van der Waals surface area contributed by atoms with E-state index in [1.54, 1.807) is 17.0 Å². The molecule has 8 heteroatoms. The number of carbonyl (C=O) groups excluding carboxylic acids is 2. The molecule has 1 saturated heterocycles. The van der Waals surface area contributed by atoms with Crippen molar-refractivity contribution < 1.29 is 18.0 Å². The Balaban J connectivity index is 1.31. The highest BCUT2D eigenvalue weighted by Crippen LogP contribution is 2.35. The second-order valence-electron chi connectivity index (χ2n) is 8.97. The van der Waals surface area contributed by atoms with Gasteiger partial charge in [-0.15, -0.1) is 0 Å². The molecule has 0 bridgehead atoms. The van der Waals surface area contributed by atoms with Crippen molar-refractivity contribution in [3.8, 4) is 0 Å². The average molecular weight is 470 g/mol. The van der Waals surface area contributed by atoms with Crippen LogP contribution in [0.15, 0.2) is 48.5 Å². The Labute approximate surface area is 196 Å². The first-order chi connectivity index (χ1) is 15.7. The molecule has 33 heavy (non-hydrogen) atoms. The molecule has 0 N–H and O–H groups in total. The van der Waals surface area contributed by atoms with E-state index in [0.717, 1.165) is 18.4 Å². The van der Waals surface area contributed by atoms with Gasteiger partial charge in [-0.2, -0.15) is 0 Å². The largest absolute Gasteiger partial charge is 0.339 e. The molecule has 176 valence electrons. The molecule has 4 rings (SSSR count). The number of anilines is 1. The molecule has 0 aliphatic carbocycles. The van der Waals surface area contributed by atoms with Crippen LogP contribution in [0.1, 0.15) is 41.3 Å². The van der Waals surface area contributed by atoms with Gasteiger partial charge in [0.2, 0.25) is 15.9 Å². The van der Waals surface area contributed by atoms with Gasteiger partial charge in [0.05, 0.1) is 11.9 Å². The summed E-state index contributed by atoms with van der Waals surface area (Å²) in [6.45, 7) is 3.97. The lowest BCUT2D eigenvalue weighted by Gasteiger charge is -2.35. The molecule has 2 amide bonds. The Morgan fingerprint density at radius 2 is 1.64 bits per heavy atom. The fourth-order valence-corrected chi connectivity index (χ4v) is 6.09. The Bertz CT molecular complexity index is 1130. The summed E-state index contributed by atoms with van der Waals surface area (Å²) in [5, 5.41) is 0. The van der Waals surface area contributed by atoms with Crippen molar-refractivity contribution in [3.63, 3.8) is 0 Å². The molecular formula is C25H31N3O4S.